The van der Waals surface area contributed by atoms with Gasteiger partial charge in [-0.15, -0.1) is 0 Å². The molecule has 1 aromatic heterocycles. The van der Waals surface area contributed by atoms with Crippen LogP contribution in [-0.4, -0.2) is 15.2 Å². The summed E-state index contributed by atoms with van der Waals surface area (Å²) in [7, 11) is 0. The third kappa shape index (κ3) is 3.35. The van der Waals surface area contributed by atoms with Gasteiger partial charge in [0.1, 0.15) is 6.10 Å². The van der Waals surface area contributed by atoms with Gasteiger partial charge in [0.2, 0.25) is 5.89 Å². The van der Waals surface area contributed by atoms with Gasteiger partial charge in [0.05, 0.1) is 0 Å². The van der Waals surface area contributed by atoms with Crippen molar-refractivity contribution in [1.29, 1.82) is 0 Å². The Kier molecular flexibility index (Phi) is 4.29. The van der Waals surface area contributed by atoms with E-state index in [0.29, 0.717) is 23.6 Å². The highest BCUT2D eigenvalue weighted by molar-refractivity contribution is 4.98. The van der Waals surface area contributed by atoms with Crippen LogP contribution in [0.4, 0.5) is 0 Å². The molecule has 1 aliphatic rings. The third-order valence-corrected chi connectivity index (χ3v) is 4.44. The van der Waals surface area contributed by atoms with E-state index < -0.39 is 6.10 Å². The van der Waals surface area contributed by atoms with Gasteiger partial charge in [0, 0.05) is 5.92 Å². The maximum absolute atomic E-state index is 9.70. The summed E-state index contributed by atoms with van der Waals surface area (Å²) in [4.78, 5) is 4.36. The van der Waals surface area contributed by atoms with E-state index >= 15 is 0 Å². The summed E-state index contributed by atoms with van der Waals surface area (Å²) >= 11 is 0. The standard InChI is InChI=1S/C15H26N2O2/c1-5-12(18)13-16-14(19-17-13)10-6-8-11(9-7-10)15(2,3)4/h10-12,18H,5-9H2,1-4H3. The molecule has 0 radical (unpaired) electrons. The Morgan fingerprint density at radius 1 is 1.26 bits per heavy atom. The van der Waals surface area contributed by atoms with Gasteiger partial charge in [0.25, 0.3) is 0 Å². The molecule has 0 aromatic carbocycles. The van der Waals surface area contributed by atoms with E-state index in [9.17, 15) is 5.11 Å². The van der Waals surface area contributed by atoms with Crippen LogP contribution in [0.3, 0.4) is 0 Å². The van der Waals surface area contributed by atoms with E-state index in [0.717, 1.165) is 24.7 Å². The van der Waals surface area contributed by atoms with E-state index in [1.807, 2.05) is 6.92 Å². The van der Waals surface area contributed by atoms with Gasteiger partial charge < -0.3 is 9.63 Å². The monoisotopic (exact) mass is 266 g/mol. The Hall–Kier alpha value is -0.900. The van der Waals surface area contributed by atoms with Crippen LogP contribution in [0.1, 0.15) is 83.5 Å². The van der Waals surface area contributed by atoms with Gasteiger partial charge in [-0.2, -0.15) is 4.98 Å². The summed E-state index contributed by atoms with van der Waals surface area (Å²) in [5.74, 6) is 2.32. The highest BCUT2D eigenvalue weighted by atomic mass is 16.5. The molecular weight excluding hydrogens is 240 g/mol. The molecule has 1 heterocycles. The van der Waals surface area contributed by atoms with Crippen molar-refractivity contribution < 1.29 is 9.63 Å². The number of hydrogen-bond donors (Lipinski definition) is 1. The van der Waals surface area contributed by atoms with E-state index in [-0.39, 0.29) is 0 Å². The molecule has 4 nitrogen and oxygen atoms in total. The number of nitrogens with zero attached hydrogens (tertiary/aromatic N) is 2. The number of aromatic nitrogens is 2. The Labute approximate surface area is 115 Å². The van der Waals surface area contributed by atoms with Crippen molar-refractivity contribution >= 4 is 0 Å². The van der Waals surface area contributed by atoms with Gasteiger partial charge in [-0.3, -0.25) is 0 Å². The zero-order valence-electron chi connectivity index (χ0n) is 12.5. The van der Waals surface area contributed by atoms with Crippen LogP contribution >= 0.6 is 0 Å². The van der Waals surface area contributed by atoms with Gasteiger partial charge >= 0.3 is 0 Å². The summed E-state index contributed by atoms with van der Waals surface area (Å²) < 4.78 is 5.33. The molecule has 0 bridgehead atoms. The van der Waals surface area contributed by atoms with Crippen LogP contribution in [0.25, 0.3) is 0 Å². The average Bonchev–Trinajstić information content (AvgIpc) is 2.86. The van der Waals surface area contributed by atoms with Crippen molar-refractivity contribution in [2.24, 2.45) is 11.3 Å². The second-order valence-corrected chi connectivity index (χ2v) is 6.83. The summed E-state index contributed by atoms with van der Waals surface area (Å²) in [5, 5.41) is 13.6. The molecule has 1 fully saturated rings. The van der Waals surface area contributed by atoms with Crippen molar-refractivity contribution in [1.82, 2.24) is 10.1 Å². The fourth-order valence-corrected chi connectivity index (χ4v) is 2.94. The van der Waals surface area contributed by atoms with Gasteiger partial charge in [0.15, 0.2) is 5.82 Å². The van der Waals surface area contributed by atoms with Gasteiger partial charge in [-0.25, -0.2) is 0 Å². The second kappa shape index (κ2) is 5.61. The molecule has 4 heteroatoms. The van der Waals surface area contributed by atoms with Crippen LogP contribution in [0.15, 0.2) is 4.52 Å². The second-order valence-electron chi connectivity index (χ2n) is 6.83. The lowest BCUT2D eigenvalue weighted by Crippen LogP contribution is -2.25. The fourth-order valence-electron chi connectivity index (χ4n) is 2.94. The SMILES string of the molecule is CCC(O)c1noc(C2CCC(C(C)(C)C)CC2)n1. The van der Waals surface area contributed by atoms with Crippen LogP contribution < -0.4 is 0 Å². The highest BCUT2D eigenvalue weighted by Crippen LogP contribution is 2.42. The maximum Gasteiger partial charge on any atom is 0.229 e. The summed E-state index contributed by atoms with van der Waals surface area (Å²) in [6.45, 7) is 8.87. The first kappa shape index (κ1) is 14.5. The van der Waals surface area contributed by atoms with E-state index in [1.165, 1.54) is 12.8 Å². The number of aliphatic hydroxyl groups excluding tert-OH is 1. The molecule has 1 atom stereocenters. The largest absolute Gasteiger partial charge is 0.385 e. The lowest BCUT2D eigenvalue weighted by Gasteiger charge is -2.35. The third-order valence-electron chi connectivity index (χ3n) is 4.44. The number of aliphatic hydroxyl groups is 1. The smallest absolute Gasteiger partial charge is 0.229 e. The van der Waals surface area contributed by atoms with Gasteiger partial charge in [-0.05, 0) is 43.4 Å². The Balaban J connectivity index is 1.96. The summed E-state index contributed by atoms with van der Waals surface area (Å²) in [6.07, 6.45) is 4.71. The summed E-state index contributed by atoms with van der Waals surface area (Å²) in [6, 6.07) is 0. The lowest BCUT2D eigenvalue weighted by atomic mass is 9.70. The minimum absolute atomic E-state index is 0.379. The zero-order chi connectivity index (χ0) is 14.0. The molecule has 1 N–H and O–H groups in total. The average molecular weight is 266 g/mol. The van der Waals surface area contributed by atoms with Crippen LogP contribution in [0.2, 0.25) is 0 Å². The van der Waals surface area contributed by atoms with Crippen molar-refractivity contribution in [3.8, 4) is 0 Å². The summed E-state index contributed by atoms with van der Waals surface area (Å²) in [5.41, 5.74) is 0.392. The molecule has 0 aliphatic heterocycles. The fraction of sp³-hybridized carbons (Fsp3) is 0.867. The van der Waals surface area contributed by atoms with Gasteiger partial charge in [-0.1, -0.05) is 32.9 Å². The number of hydrogen-bond acceptors (Lipinski definition) is 4. The molecule has 108 valence electrons. The first-order chi connectivity index (χ1) is 8.91. The molecule has 0 spiro atoms. The molecule has 1 saturated carbocycles. The minimum atomic E-state index is -0.594. The Morgan fingerprint density at radius 3 is 2.42 bits per heavy atom. The molecular formula is C15H26N2O2. The first-order valence-corrected chi connectivity index (χ1v) is 7.43. The molecule has 1 unspecified atom stereocenters. The normalized spacial score (nSPS) is 26.4. The predicted octanol–water partition coefficient (Wildman–Crippen LogP) is 3.83. The molecule has 1 aliphatic carbocycles. The quantitative estimate of drug-likeness (QED) is 0.903. The molecule has 2 rings (SSSR count). The molecule has 0 saturated heterocycles. The van der Waals surface area contributed by atoms with E-state index in [1.54, 1.807) is 0 Å². The van der Waals surface area contributed by atoms with E-state index in [4.69, 9.17) is 4.52 Å². The Morgan fingerprint density at radius 2 is 1.89 bits per heavy atom. The molecule has 0 amide bonds. The highest BCUT2D eigenvalue weighted by Gasteiger charge is 2.32. The maximum atomic E-state index is 9.70. The predicted molar refractivity (Wildman–Crippen MR) is 73.7 cm³/mol. The van der Waals surface area contributed by atoms with E-state index in [2.05, 4.69) is 30.9 Å². The lowest BCUT2D eigenvalue weighted by molar-refractivity contribution is 0.156. The minimum Gasteiger partial charge on any atom is -0.385 e. The van der Waals surface area contributed by atoms with Crippen molar-refractivity contribution in [2.75, 3.05) is 0 Å². The van der Waals surface area contributed by atoms with Crippen LogP contribution in [0, 0.1) is 11.3 Å². The number of rotatable bonds is 3. The van der Waals surface area contributed by atoms with Crippen molar-refractivity contribution in [2.45, 2.75) is 71.8 Å². The Bertz CT molecular complexity index is 401. The molecule has 19 heavy (non-hydrogen) atoms. The zero-order valence-corrected chi connectivity index (χ0v) is 12.5. The first-order valence-electron chi connectivity index (χ1n) is 7.43. The topological polar surface area (TPSA) is 59.2 Å². The van der Waals surface area contributed by atoms with Crippen molar-refractivity contribution in [3.05, 3.63) is 11.7 Å². The van der Waals surface area contributed by atoms with Crippen LogP contribution in [0.5, 0.6) is 0 Å². The van der Waals surface area contributed by atoms with Crippen molar-refractivity contribution in [3.63, 3.8) is 0 Å². The van der Waals surface area contributed by atoms with Crippen LogP contribution in [-0.2, 0) is 0 Å². The molecule has 1 aromatic rings.